The number of hydrogen-bond donors (Lipinski definition) is 1. The fraction of sp³-hybridized carbons (Fsp3) is 0.550. The minimum Gasteiger partial charge on any atom is -0.341 e. The van der Waals surface area contributed by atoms with Crippen molar-refractivity contribution in [1.29, 1.82) is 0 Å². The molecular weight excluding hydrogens is 335 g/mol. The predicted molar refractivity (Wildman–Crippen MR) is 95.7 cm³/mol. The summed E-state index contributed by atoms with van der Waals surface area (Å²) in [5.41, 5.74) is 6.62. The largest absolute Gasteiger partial charge is 0.341 e. The lowest BCUT2D eigenvalue weighted by molar-refractivity contribution is -0.134. The van der Waals surface area contributed by atoms with E-state index in [1.807, 2.05) is 6.07 Å². The lowest BCUT2D eigenvalue weighted by atomic mass is 9.87. The number of Topliss-reactive ketones (excluding diaryl/α,β-unsaturated/α-hetero) is 2. The van der Waals surface area contributed by atoms with Gasteiger partial charge >= 0.3 is 0 Å². The summed E-state index contributed by atoms with van der Waals surface area (Å²) < 4.78 is 15.0. The molecule has 1 heterocycles. The third-order valence-electron chi connectivity index (χ3n) is 5.46. The Bertz CT molecular complexity index is 737. The molecule has 140 valence electrons. The van der Waals surface area contributed by atoms with Gasteiger partial charge in [0.25, 0.3) is 0 Å². The second-order valence-corrected chi connectivity index (χ2v) is 7.56. The van der Waals surface area contributed by atoms with Gasteiger partial charge in [0.05, 0.1) is 6.04 Å². The molecular formula is C20H25FN2O3. The molecule has 1 aliphatic heterocycles. The summed E-state index contributed by atoms with van der Waals surface area (Å²) in [4.78, 5) is 37.4. The van der Waals surface area contributed by atoms with Gasteiger partial charge in [-0.2, -0.15) is 0 Å². The van der Waals surface area contributed by atoms with Crippen molar-refractivity contribution in [2.45, 2.75) is 57.2 Å². The van der Waals surface area contributed by atoms with Crippen molar-refractivity contribution in [3.63, 3.8) is 0 Å². The highest BCUT2D eigenvalue weighted by Gasteiger charge is 2.36. The van der Waals surface area contributed by atoms with Gasteiger partial charge in [-0.1, -0.05) is 12.1 Å². The maximum atomic E-state index is 15.0. The van der Waals surface area contributed by atoms with E-state index in [-0.39, 0.29) is 43.2 Å². The Balaban J connectivity index is 1.54. The van der Waals surface area contributed by atoms with Crippen molar-refractivity contribution in [3.8, 4) is 0 Å². The molecule has 1 aliphatic carbocycles. The number of fused-ring (bicyclic) bond motifs is 1. The standard InChI is InChI=1S/C20H25FN2O3/c1-13(22)19(26)23-8-6-20(21,7-9-23)5-4-18(25)15-3-2-14-11-17(24)12-16(14)10-15/h2-3,10,13H,4-9,11-12,22H2,1H3/t13-/m0/s1. The van der Waals surface area contributed by atoms with Crippen LogP contribution in [0, 0.1) is 0 Å². The Morgan fingerprint density at radius 1 is 1.23 bits per heavy atom. The molecule has 1 amide bonds. The van der Waals surface area contributed by atoms with E-state index in [4.69, 9.17) is 5.73 Å². The summed E-state index contributed by atoms with van der Waals surface area (Å²) in [5.74, 6) is -0.0884. The number of piperidine rings is 1. The number of carbonyl (C=O) groups excluding carboxylic acids is 3. The molecule has 0 spiro atoms. The molecule has 0 bridgehead atoms. The Morgan fingerprint density at radius 3 is 2.54 bits per heavy atom. The van der Waals surface area contributed by atoms with Gasteiger partial charge in [0.15, 0.2) is 5.78 Å². The van der Waals surface area contributed by atoms with Crippen LogP contribution >= 0.6 is 0 Å². The van der Waals surface area contributed by atoms with Crippen LogP contribution < -0.4 is 5.73 Å². The molecule has 1 aromatic rings. The van der Waals surface area contributed by atoms with Crippen LogP contribution in [0.1, 0.15) is 54.1 Å². The predicted octanol–water partition coefficient (Wildman–Crippen LogP) is 2.00. The minimum absolute atomic E-state index is 0.0988. The number of carbonyl (C=O) groups is 3. The van der Waals surface area contributed by atoms with Crippen LogP contribution in [0.2, 0.25) is 0 Å². The third kappa shape index (κ3) is 4.01. The summed E-state index contributed by atoms with van der Waals surface area (Å²) in [6, 6.07) is 4.76. The van der Waals surface area contributed by atoms with E-state index in [1.54, 1.807) is 24.0 Å². The molecule has 0 aromatic heterocycles. The van der Waals surface area contributed by atoms with Crippen molar-refractivity contribution in [2.75, 3.05) is 13.1 Å². The zero-order valence-corrected chi connectivity index (χ0v) is 15.1. The van der Waals surface area contributed by atoms with Crippen molar-refractivity contribution < 1.29 is 18.8 Å². The van der Waals surface area contributed by atoms with Crippen LogP contribution in [0.4, 0.5) is 4.39 Å². The van der Waals surface area contributed by atoms with Gasteiger partial charge in [0, 0.05) is 37.9 Å². The Labute approximate surface area is 152 Å². The highest BCUT2D eigenvalue weighted by Crippen LogP contribution is 2.32. The summed E-state index contributed by atoms with van der Waals surface area (Å²) >= 11 is 0. The van der Waals surface area contributed by atoms with Crippen LogP contribution in [-0.4, -0.2) is 47.2 Å². The molecule has 0 unspecified atom stereocenters. The lowest BCUT2D eigenvalue weighted by Gasteiger charge is -2.37. The van der Waals surface area contributed by atoms with E-state index in [0.717, 1.165) is 11.1 Å². The lowest BCUT2D eigenvalue weighted by Crippen LogP contribution is -2.49. The van der Waals surface area contributed by atoms with E-state index in [1.165, 1.54) is 0 Å². The normalized spacial score (nSPS) is 20.0. The van der Waals surface area contributed by atoms with Gasteiger partial charge < -0.3 is 10.6 Å². The first-order valence-corrected chi connectivity index (χ1v) is 9.17. The fourth-order valence-electron chi connectivity index (χ4n) is 3.77. The van der Waals surface area contributed by atoms with E-state index >= 15 is 0 Å². The van der Waals surface area contributed by atoms with Gasteiger partial charge in [0.2, 0.25) is 5.91 Å². The molecule has 1 fully saturated rings. The van der Waals surface area contributed by atoms with Gasteiger partial charge in [0.1, 0.15) is 11.5 Å². The fourth-order valence-corrected chi connectivity index (χ4v) is 3.77. The van der Waals surface area contributed by atoms with Gasteiger partial charge in [-0.3, -0.25) is 14.4 Å². The van der Waals surface area contributed by atoms with Crippen molar-refractivity contribution in [2.24, 2.45) is 5.73 Å². The summed E-state index contributed by atoms with van der Waals surface area (Å²) in [6.07, 6.45) is 1.57. The SMILES string of the molecule is C[C@H](N)C(=O)N1CCC(F)(CCC(=O)c2ccc3c(c2)CC(=O)C3)CC1. The first-order chi connectivity index (χ1) is 12.3. The van der Waals surface area contributed by atoms with Crippen molar-refractivity contribution >= 4 is 17.5 Å². The van der Waals surface area contributed by atoms with E-state index in [2.05, 4.69) is 0 Å². The monoisotopic (exact) mass is 360 g/mol. The zero-order chi connectivity index (χ0) is 18.9. The number of ketones is 2. The summed E-state index contributed by atoms with van der Waals surface area (Å²) in [7, 11) is 0. The van der Waals surface area contributed by atoms with Crippen molar-refractivity contribution in [1.82, 2.24) is 4.90 Å². The number of benzene rings is 1. The van der Waals surface area contributed by atoms with Crippen LogP contribution in [0.15, 0.2) is 18.2 Å². The van der Waals surface area contributed by atoms with Crippen LogP contribution in [0.5, 0.6) is 0 Å². The maximum Gasteiger partial charge on any atom is 0.239 e. The number of halogens is 1. The molecule has 1 aromatic carbocycles. The molecule has 26 heavy (non-hydrogen) atoms. The van der Waals surface area contributed by atoms with Crippen LogP contribution in [-0.2, 0) is 22.4 Å². The molecule has 1 saturated heterocycles. The van der Waals surface area contributed by atoms with E-state index < -0.39 is 11.7 Å². The number of likely N-dealkylation sites (tertiary alicyclic amines) is 1. The number of amides is 1. The number of alkyl halides is 1. The smallest absolute Gasteiger partial charge is 0.239 e. The van der Waals surface area contributed by atoms with Crippen molar-refractivity contribution in [3.05, 3.63) is 34.9 Å². The molecule has 5 nitrogen and oxygen atoms in total. The number of hydrogen-bond acceptors (Lipinski definition) is 4. The molecule has 3 rings (SSSR count). The molecule has 2 N–H and O–H groups in total. The highest BCUT2D eigenvalue weighted by atomic mass is 19.1. The Kier molecular flexibility index (Phi) is 5.23. The first-order valence-electron chi connectivity index (χ1n) is 9.17. The minimum atomic E-state index is -1.42. The summed E-state index contributed by atoms with van der Waals surface area (Å²) in [5, 5.41) is 0. The van der Waals surface area contributed by atoms with Crippen LogP contribution in [0.25, 0.3) is 0 Å². The molecule has 0 saturated carbocycles. The number of rotatable bonds is 5. The second-order valence-electron chi connectivity index (χ2n) is 7.56. The topological polar surface area (TPSA) is 80.5 Å². The van der Waals surface area contributed by atoms with Gasteiger partial charge in [-0.15, -0.1) is 0 Å². The third-order valence-corrected chi connectivity index (χ3v) is 5.46. The molecule has 2 aliphatic rings. The average Bonchev–Trinajstić information content (AvgIpc) is 2.99. The van der Waals surface area contributed by atoms with Gasteiger partial charge in [-0.05, 0) is 43.4 Å². The number of nitrogens with two attached hydrogens (primary N) is 1. The van der Waals surface area contributed by atoms with Crippen LogP contribution in [0.3, 0.4) is 0 Å². The van der Waals surface area contributed by atoms with E-state index in [0.29, 0.717) is 31.5 Å². The molecule has 0 radical (unpaired) electrons. The molecule has 1 atom stereocenters. The zero-order valence-electron chi connectivity index (χ0n) is 15.1. The Morgan fingerprint density at radius 2 is 1.88 bits per heavy atom. The number of nitrogens with zero attached hydrogens (tertiary/aromatic N) is 1. The quantitative estimate of drug-likeness (QED) is 0.815. The first kappa shape index (κ1) is 18.7. The maximum absolute atomic E-state index is 15.0. The second kappa shape index (κ2) is 7.27. The average molecular weight is 360 g/mol. The van der Waals surface area contributed by atoms with E-state index in [9.17, 15) is 18.8 Å². The summed E-state index contributed by atoms with van der Waals surface area (Å²) in [6.45, 7) is 2.31. The molecule has 6 heteroatoms. The van der Waals surface area contributed by atoms with Gasteiger partial charge in [-0.25, -0.2) is 4.39 Å². The highest BCUT2D eigenvalue weighted by molar-refractivity contribution is 5.97. The Hall–Kier alpha value is -2.08.